The van der Waals surface area contributed by atoms with Crippen molar-refractivity contribution in [2.75, 3.05) is 26.2 Å². The van der Waals surface area contributed by atoms with Crippen LogP contribution < -0.4 is 5.32 Å². The highest BCUT2D eigenvalue weighted by Gasteiger charge is 2.35. The number of halogens is 1. The third-order valence-electron chi connectivity index (χ3n) is 4.47. The van der Waals surface area contributed by atoms with Gasteiger partial charge < -0.3 is 5.32 Å². The smallest absolute Gasteiger partial charge is 0.261 e. The summed E-state index contributed by atoms with van der Waals surface area (Å²) in [7, 11) is 0. The van der Waals surface area contributed by atoms with Crippen LogP contribution in [0.25, 0.3) is 0 Å². The van der Waals surface area contributed by atoms with Gasteiger partial charge in [-0.25, -0.2) is 0 Å². The number of amides is 2. The van der Waals surface area contributed by atoms with Crippen LogP contribution in [0.15, 0.2) is 24.3 Å². The molecule has 6 heteroatoms. The van der Waals surface area contributed by atoms with Crippen LogP contribution in [-0.4, -0.2) is 59.9 Å². The molecule has 0 radical (unpaired) electrons. The number of carbonyl (C=O) groups excluding carboxylic acids is 2. The van der Waals surface area contributed by atoms with Crippen molar-refractivity contribution < 1.29 is 9.59 Å². The van der Waals surface area contributed by atoms with E-state index in [2.05, 4.69) is 24.1 Å². The lowest BCUT2D eigenvalue weighted by atomic mass is 10.1. The van der Waals surface area contributed by atoms with Crippen molar-refractivity contribution in [3.8, 4) is 0 Å². The summed E-state index contributed by atoms with van der Waals surface area (Å²) in [4.78, 5) is 28.4. The molecule has 22 heavy (non-hydrogen) atoms. The van der Waals surface area contributed by atoms with Gasteiger partial charge in [-0.15, -0.1) is 12.4 Å². The topological polar surface area (TPSA) is 52.6 Å². The van der Waals surface area contributed by atoms with Crippen molar-refractivity contribution in [2.45, 2.75) is 25.9 Å². The SMILES string of the molecule is C[C@@H]1CNC[C@H](C)N1CCN1C(=O)c2ccccc2C1=O.Cl. The summed E-state index contributed by atoms with van der Waals surface area (Å²) < 4.78 is 0. The zero-order valence-corrected chi connectivity index (χ0v) is 13.7. The molecule has 2 aliphatic rings. The molecule has 5 nitrogen and oxygen atoms in total. The Morgan fingerprint density at radius 2 is 1.50 bits per heavy atom. The molecule has 2 heterocycles. The van der Waals surface area contributed by atoms with Gasteiger partial charge in [-0.1, -0.05) is 12.1 Å². The summed E-state index contributed by atoms with van der Waals surface area (Å²) >= 11 is 0. The molecule has 0 spiro atoms. The van der Waals surface area contributed by atoms with E-state index in [-0.39, 0.29) is 24.2 Å². The van der Waals surface area contributed by atoms with Gasteiger partial charge in [-0.2, -0.15) is 0 Å². The Hall–Kier alpha value is -1.43. The first-order chi connectivity index (χ1) is 10.1. The van der Waals surface area contributed by atoms with E-state index in [1.165, 1.54) is 4.90 Å². The lowest BCUT2D eigenvalue weighted by Gasteiger charge is -2.39. The monoisotopic (exact) mass is 323 g/mol. The molecule has 1 aromatic carbocycles. The van der Waals surface area contributed by atoms with Gasteiger partial charge in [0.25, 0.3) is 11.8 Å². The summed E-state index contributed by atoms with van der Waals surface area (Å²) in [6.07, 6.45) is 0. The summed E-state index contributed by atoms with van der Waals surface area (Å²) in [6, 6.07) is 7.90. The fourth-order valence-corrected chi connectivity index (χ4v) is 3.27. The third-order valence-corrected chi connectivity index (χ3v) is 4.47. The predicted molar refractivity (Wildman–Crippen MR) is 87.6 cm³/mol. The minimum Gasteiger partial charge on any atom is -0.314 e. The molecular formula is C16H22ClN3O2. The van der Waals surface area contributed by atoms with Crippen molar-refractivity contribution in [3.63, 3.8) is 0 Å². The molecular weight excluding hydrogens is 302 g/mol. The minimum absolute atomic E-state index is 0. The lowest BCUT2D eigenvalue weighted by molar-refractivity contribution is 0.0581. The molecule has 0 aliphatic carbocycles. The van der Waals surface area contributed by atoms with Crippen LogP contribution >= 0.6 is 12.4 Å². The fourth-order valence-electron chi connectivity index (χ4n) is 3.27. The highest BCUT2D eigenvalue weighted by Crippen LogP contribution is 2.22. The largest absolute Gasteiger partial charge is 0.314 e. The number of nitrogens with one attached hydrogen (secondary N) is 1. The van der Waals surface area contributed by atoms with Crippen molar-refractivity contribution in [3.05, 3.63) is 35.4 Å². The maximum atomic E-state index is 12.3. The van der Waals surface area contributed by atoms with E-state index in [0.29, 0.717) is 29.8 Å². The third kappa shape index (κ3) is 2.89. The number of hydrogen-bond acceptors (Lipinski definition) is 4. The Kier molecular flexibility index (Phi) is 5.21. The number of carbonyl (C=O) groups is 2. The first kappa shape index (κ1) is 16.9. The molecule has 3 rings (SSSR count). The van der Waals surface area contributed by atoms with Crippen LogP contribution in [0.5, 0.6) is 0 Å². The predicted octanol–water partition coefficient (Wildman–Crippen LogP) is 1.39. The lowest BCUT2D eigenvalue weighted by Crippen LogP contribution is -2.56. The van der Waals surface area contributed by atoms with Gasteiger partial charge >= 0.3 is 0 Å². The van der Waals surface area contributed by atoms with Gasteiger partial charge in [0.15, 0.2) is 0 Å². The minimum atomic E-state index is -0.161. The molecule has 1 aromatic rings. The van der Waals surface area contributed by atoms with E-state index in [1.807, 2.05) is 0 Å². The first-order valence-electron chi connectivity index (χ1n) is 7.51. The average molecular weight is 324 g/mol. The van der Waals surface area contributed by atoms with Gasteiger partial charge in [0.05, 0.1) is 11.1 Å². The number of nitrogens with zero attached hydrogens (tertiary/aromatic N) is 2. The van der Waals surface area contributed by atoms with Crippen LogP contribution in [0.4, 0.5) is 0 Å². The maximum Gasteiger partial charge on any atom is 0.261 e. The van der Waals surface area contributed by atoms with Crippen LogP contribution in [0.2, 0.25) is 0 Å². The standard InChI is InChI=1S/C16H21N3O2.ClH/c1-11-9-17-10-12(2)18(11)7-8-19-15(20)13-5-3-4-6-14(13)16(19)21;/h3-6,11-12,17H,7-10H2,1-2H3;1H/t11-,12+;. The highest BCUT2D eigenvalue weighted by molar-refractivity contribution is 6.21. The van der Waals surface area contributed by atoms with E-state index in [0.717, 1.165) is 19.6 Å². The van der Waals surface area contributed by atoms with E-state index < -0.39 is 0 Å². The van der Waals surface area contributed by atoms with Gasteiger partial charge in [0.1, 0.15) is 0 Å². The van der Waals surface area contributed by atoms with Crippen LogP contribution in [0, 0.1) is 0 Å². The van der Waals surface area contributed by atoms with E-state index in [1.54, 1.807) is 24.3 Å². The second-order valence-electron chi connectivity index (χ2n) is 5.90. The molecule has 1 N–H and O–H groups in total. The summed E-state index contributed by atoms with van der Waals surface area (Å²) in [5.41, 5.74) is 1.06. The fraction of sp³-hybridized carbons (Fsp3) is 0.500. The van der Waals surface area contributed by atoms with Crippen molar-refractivity contribution >= 4 is 24.2 Å². The summed E-state index contributed by atoms with van der Waals surface area (Å²) in [5.74, 6) is -0.322. The molecule has 0 aromatic heterocycles. The number of imide groups is 1. The number of piperazine rings is 1. The van der Waals surface area contributed by atoms with Crippen LogP contribution in [0.1, 0.15) is 34.6 Å². The van der Waals surface area contributed by atoms with Crippen molar-refractivity contribution in [1.29, 1.82) is 0 Å². The van der Waals surface area contributed by atoms with E-state index in [9.17, 15) is 9.59 Å². The second kappa shape index (κ2) is 6.77. The number of rotatable bonds is 3. The summed E-state index contributed by atoms with van der Waals surface area (Å²) in [5, 5.41) is 3.38. The Morgan fingerprint density at radius 3 is 2.00 bits per heavy atom. The van der Waals surface area contributed by atoms with Gasteiger partial charge in [-0.05, 0) is 26.0 Å². The number of hydrogen-bond donors (Lipinski definition) is 1. The average Bonchev–Trinajstić information content (AvgIpc) is 2.72. The molecule has 0 saturated carbocycles. The van der Waals surface area contributed by atoms with Gasteiger partial charge in [0, 0.05) is 38.3 Å². The molecule has 2 amide bonds. The molecule has 1 saturated heterocycles. The van der Waals surface area contributed by atoms with Crippen LogP contribution in [-0.2, 0) is 0 Å². The van der Waals surface area contributed by atoms with Crippen molar-refractivity contribution in [2.24, 2.45) is 0 Å². The second-order valence-corrected chi connectivity index (χ2v) is 5.90. The van der Waals surface area contributed by atoms with Gasteiger partial charge in [-0.3, -0.25) is 19.4 Å². The summed E-state index contributed by atoms with van der Waals surface area (Å²) in [6.45, 7) is 7.44. The Bertz CT molecular complexity index is 533. The normalized spacial score (nSPS) is 25.1. The molecule has 1 fully saturated rings. The first-order valence-corrected chi connectivity index (χ1v) is 7.51. The molecule has 0 bridgehead atoms. The quantitative estimate of drug-likeness (QED) is 0.854. The number of fused-ring (bicyclic) bond motifs is 1. The van der Waals surface area contributed by atoms with Crippen LogP contribution in [0.3, 0.4) is 0 Å². The molecule has 2 aliphatic heterocycles. The Balaban J connectivity index is 0.00000176. The van der Waals surface area contributed by atoms with Crippen molar-refractivity contribution in [1.82, 2.24) is 15.1 Å². The molecule has 0 unspecified atom stereocenters. The zero-order valence-electron chi connectivity index (χ0n) is 12.9. The van der Waals surface area contributed by atoms with E-state index in [4.69, 9.17) is 0 Å². The highest BCUT2D eigenvalue weighted by atomic mass is 35.5. The van der Waals surface area contributed by atoms with E-state index >= 15 is 0 Å². The Morgan fingerprint density at radius 1 is 1.00 bits per heavy atom. The molecule has 2 atom stereocenters. The Labute approximate surface area is 137 Å². The van der Waals surface area contributed by atoms with Gasteiger partial charge in [0.2, 0.25) is 0 Å². The zero-order chi connectivity index (χ0) is 15.0. The molecule has 120 valence electrons. The maximum absolute atomic E-state index is 12.3. The number of benzene rings is 1.